The second kappa shape index (κ2) is 3.77. The van der Waals surface area contributed by atoms with Gasteiger partial charge in [0.2, 0.25) is 0 Å². The average Bonchev–Trinajstić information content (AvgIpc) is 2.61. The van der Waals surface area contributed by atoms with Crippen molar-refractivity contribution in [3.05, 3.63) is 46.5 Å². The molecule has 3 heteroatoms. The Balaban J connectivity index is 2.18. The van der Waals surface area contributed by atoms with Crippen LogP contribution in [0.2, 0.25) is 0 Å². The number of nitrogens with zero attached hydrogens (tertiary/aromatic N) is 1. The maximum absolute atomic E-state index is 8.80. The van der Waals surface area contributed by atoms with Crippen LogP contribution in [0, 0.1) is 11.3 Å². The molecule has 1 aliphatic heterocycles. The fourth-order valence-corrected chi connectivity index (χ4v) is 2.63. The number of rotatable bonds is 1. The van der Waals surface area contributed by atoms with Gasteiger partial charge in [-0.15, -0.1) is 0 Å². The molecule has 0 aromatic heterocycles. The van der Waals surface area contributed by atoms with Crippen LogP contribution in [0.4, 0.5) is 0 Å². The van der Waals surface area contributed by atoms with E-state index < -0.39 is 0 Å². The summed E-state index contributed by atoms with van der Waals surface area (Å²) in [4.78, 5) is 0. The Morgan fingerprint density at radius 3 is 2.64 bits per heavy atom. The molecule has 1 aliphatic rings. The van der Waals surface area contributed by atoms with E-state index in [4.69, 9.17) is 11.0 Å². The Morgan fingerprint density at radius 2 is 2.07 bits per heavy atom. The summed E-state index contributed by atoms with van der Waals surface area (Å²) < 4.78 is 0. The van der Waals surface area contributed by atoms with Crippen LogP contribution in [0.25, 0.3) is 0 Å². The van der Waals surface area contributed by atoms with Crippen LogP contribution < -0.4 is 5.73 Å². The number of nitrogens with two attached hydrogens (primary N) is 1. The molecule has 0 bridgehead atoms. The standard InChI is InChI=1S/C11H10N2S/c12-7-9-6-10(14-11(9)13)8-4-2-1-3-5-8/h1-5,10H,6,13H2. The van der Waals surface area contributed by atoms with Crippen molar-refractivity contribution in [2.75, 3.05) is 0 Å². The monoisotopic (exact) mass is 202 g/mol. The lowest BCUT2D eigenvalue weighted by Crippen LogP contribution is -1.90. The molecule has 0 spiro atoms. The first-order valence-electron chi connectivity index (χ1n) is 4.41. The van der Waals surface area contributed by atoms with Gasteiger partial charge in [0.15, 0.2) is 0 Å². The van der Waals surface area contributed by atoms with Gasteiger partial charge in [0.05, 0.1) is 16.7 Å². The number of hydrogen-bond acceptors (Lipinski definition) is 3. The first-order valence-corrected chi connectivity index (χ1v) is 5.29. The molecular formula is C11H10N2S. The van der Waals surface area contributed by atoms with E-state index in [1.165, 1.54) is 5.56 Å². The zero-order valence-electron chi connectivity index (χ0n) is 7.60. The molecule has 0 saturated carbocycles. The number of hydrogen-bond donors (Lipinski definition) is 1. The number of allylic oxidation sites excluding steroid dienone is 1. The van der Waals surface area contributed by atoms with Gasteiger partial charge in [-0.2, -0.15) is 5.26 Å². The summed E-state index contributed by atoms with van der Waals surface area (Å²) in [5.74, 6) is 0. The molecule has 1 heterocycles. The molecule has 0 saturated heterocycles. The van der Waals surface area contributed by atoms with Crippen LogP contribution in [-0.4, -0.2) is 0 Å². The second-order valence-electron chi connectivity index (χ2n) is 3.18. The smallest absolute Gasteiger partial charge is 0.0975 e. The van der Waals surface area contributed by atoms with Gasteiger partial charge >= 0.3 is 0 Å². The summed E-state index contributed by atoms with van der Waals surface area (Å²) in [5.41, 5.74) is 7.70. The van der Waals surface area contributed by atoms with Gasteiger partial charge in [-0.1, -0.05) is 42.1 Å². The third-order valence-electron chi connectivity index (χ3n) is 2.26. The zero-order chi connectivity index (χ0) is 9.97. The van der Waals surface area contributed by atoms with E-state index in [2.05, 4.69) is 18.2 Å². The normalized spacial score (nSPS) is 20.9. The fourth-order valence-electron chi connectivity index (χ4n) is 1.51. The second-order valence-corrected chi connectivity index (χ2v) is 4.42. The zero-order valence-corrected chi connectivity index (χ0v) is 8.42. The highest BCUT2D eigenvalue weighted by molar-refractivity contribution is 8.03. The Bertz CT molecular complexity index is 403. The molecule has 70 valence electrons. The van der Waals surface area contributed by atoms with Crippen LogP contribution >= 0.6 is 11.8 Å². The molecule has 0 amide bonds. The highest BCUT2D eigenvalue weighted by Crippen LogP contribution is 2.44. The van der Waals surface area contributed by atoms with Crippen molar-refractivity contribution in [2.24, 2.45) is 5.73 Å². The van der Waals surface area contributed by atoms with E-state index >= 15 is 0 Å². The highest BCUT2D eigenvalue weighted by atomic mass is 32.2. The lowest BCUT2D eigenvalue weighted by atomic mass is 10.1. The molecular weight excluding hydrogens is 192 g/mol. The molecule has 0 aliphatic carbocycles. The molecule has 0 fully saturated rings. The average molecular weight is 202 g/mol. The van der Waals surface area contributed by atoms with Gasteiger partial charge in [-0.3, -0.25) is 0 Å². The minimum absolute atomic E-state index is 0.325. The lowest BCUT2D eigenvalue weighted by molar-refractivity contribution is 0.960. The van der Waals surface area contributed by atoms with Crippen LogP contribution in [0.3, 0.4) is 0 Å². The van der Waals surface area contributed by atoms with Crippen LogP contribution in [0.1, 0.15) is 17.2 Å². The summed E-state index contributed by atoms with van der Waals surface area (Å²) in [6, 6.07) is 12.3. The summed E-state index contributed by atoms with van der Waals surface area (Å²) in [5, 5.41) is 9.81. The largest absolute Gasteiger partial charge is 0.393 e. The Hall–Kier alpha value is -1.40. The topological polar surface area (TPSA) is 49.8 Å². The van der Waals surface area contributed by atoms with Crippen molar-refractivity contribution in [3.8, 4) is 6.07 Å². The van der Waals surface area contributed by atoms with Crippen LogP contribution in [-0.2, 0) is 0 Å². The molecule has 1 unspecified atom stereocenters. The van der Waals surface area contributed by atoms with Gasteiger partial charge in [0, 0.05) is 11.7 Å². The van der Waals surface area contributed by atoms with E-state index in [0.29, 0.717) is 10.3 Å². The molecule has 2 N–H and O–H groups in total. The van der Waals surface area contributed by atoms with Gasteiger partial charge in [-0.05, 0) is 5.56 Å². The van der Waals surface area contributed by atoms with E-state index in [-0.39, 0.29) is 0 Å². The first kappa shape index (κ1) is 9.17. The van der Waals surface area contributed by atoms with Crippen molar-refractivity contribution >= 4 is 11.8 Å². The quantitative estimate of drug-likeness (QED) is 0.761. The minimum atomic E-state index is 0.325. The Morgan fingerprint density at radius 1 is 1.36 bits per heavy atom. The first-order chi connectivity index (χ1) is 6.81. The fraction of sp³-hybridized carbons (Fsp3) is 0.182. The third-order valence-corrected chi connectivity index (χ3v) is 3.49. The predicted octanol–water partition coefficient (Wildman–Crippen LogP) is 2.56. The molecule has 2 nitrogen and oxygen atoms in total. The summed E-state index contributed by atoms with van der Waals surface area (Å²) in [6.07, 6.45) is 0.761. The van der Waals surface area contributed by atoms with Crippen LogP contribution in [0.15, 0.2) is 40.9 Å². The van der Waals surface area contributed by atoms with Crippen LogP contribution in [0.5, 0.6) is 0 Å². The number of nitriles is 1. The van der Waals surface area contributed by atoms with Gasteiger partial charge < -0.3 is 5.73 Å². The summed E-state index contributed by atoms with van der Waals surface area (Å²) >= 11 is 1.59. The third kappa shape index (κ3) is 1.61. The van der Waals surface area contributed by atoms with Crippen molar-refractivity contribution in [1.82, 2.24) is 0 Å². The number of benzene rings is 1. The molecule has 2 rings (SSSR count). The predicted molar refractivity (Wildman–Crippen MR) is 58.2 cm³/mol. The van der Waals surface area contributed by atoms with Gasteiger partial charge in [0.25, 0.3) is 0 Å². The molecule has 1 atom stereocenters. The maximum Gasteiger partial charge on any atom is 0.0975 e. The lowest BCUT2D eigenvalue weighted by Gasteiger charge is -2.07. The summed E-state index contributed by atoms with van der Waals surface area (Å²) in [7, 11) is 0. The van der Waals surface area contributed by atoms with Crippen molar-refractivity contribution in [3.63, 3.8) is 0 Å². The maximum atomic E-state index is 8.80. The minimum Gasteiger partial charge on any atom is -0.393 e. The van der Waals surface area contributed by atoms with Crippen molar-refractivity contribution < 1.29 is 0 Å². The number of thioether (sulfide) groups is 1. The Labute approximate surface area is 87.4 Å². The van der Waals surface area contributed by atoms with Crippen molar-refractivity contribution in [1.29, 1.82) is 5.26 Å². The van der Waals surface area contributed by atoms with E-state index in [1.807, 2.05) is 18.2 Å². The Kier molecular flexibility index (Phi) is 2.47. The van der Waals surface area contributed by atoms with E-state index in [1.54, 1.807) is 11.8 Å². The van der Waals surface area contributed by atoms with E-state index in [0.717, 1.165) is 12.0 Å². The molecule has 0 radical (unpaired) electrons. The van der Waals surface area contributed by atoms with Gasteiger partial charge in [0.1, 0.15) is 0 Å². The van der Waals surface area contributed by atoms with Crippen molar-refractivity contribution in [2.45, 2.75) is 11.7 Å². The molecule has 1 aromatic rings. The summed E-state index contributed by atoms with van der Waals surface area (Å²) in [6.45, 7) is 0. The van der Waals surface area contributed by atoms with E-state index in [9.17, 15) is 0 Å². The molecule has 1 aromatic carbocycles. The molecule has 14 heavy (non-hydrogen) atoms. The SMILES string of the molecule is N#CC1=C(N)SC(c2ccccc2)C1. The van der Waals surface area contributed by atoms with Gasteiger partial charge in [-0.25, -0.2) is 0 Å². The highest BCUT2D eigenvalue weighted by Gasteiger charge is 2.24.